The fourth-order valence-corrected chi connectivity index (χ4v) is 2.23. The molecule has 3 rings (SSSR count). The Labute approximate surface area is 100 Å². The van der Waals surface area contributed by atoms with Crippen molar-refractivity contribution in [2.24, 2.45) is 0 Å². The van der Waals surface area contributed by atoms with Crippen LogP contribution in [0, 0.1) is 0 Å². The van der Waals surface area contributed by atoms with Gasteiger partial charge in [-0.1, -0.05) is 30.3 Å². The van der Waals surface area contributed by atoms with Gasteiger partial charge in [-0.05, 0) is 23.6 Å². The van der Waals surface area contributed by atoms with Crippen LogP contribution in [-0.2, 0) is 17.8 Å². The Morgan fingerprint density at radius 2 is 1.94 bits per heavy atom. The van der Waals surface area contributed by atoms with E-state index < -0.39 is 0 Å². The molecule has 0 unspecified atom stereocenters. The van der Waals surface area contributed by atoms with Gasteiger partial charge >= 0.3 is 0 Å². The van der Waals surface area contributed by atoms with Gasteiger partial charge in [0.25, 0.3) is 0 Å². The number of hydrogen-bond donors (Lipinski definition) is 1. The number of benzene rings is 1. The minimum absolute atomic E-state index is 0.116. The number of aromatic nitrogens is 1. The number of carbonyl (C=O) groups is 1. The molecule has 3 heteroatoms. The molecular formula is C14H14N2O. The van der Waals surface area contributed by atoms with Crippen LogP contribution >= 0.6 is 0 Å². The van der Waals surface area contributed by atoms with Crippen molar-refractivity contribution in [3.05, 3.63) is 53.7 Å². The predicted octanol–water partition coefficient (Wildman–Crippen LogP) is 2.42. The normalized spacial score (nSPS) is 14.2. The Kier molecular flexibility index (Phi) is 2.44. The summed E-state index contributed by atoms with van der Waals surface area (Å²) in [7, 11) is 0. The highest BCUT2D eigenvalue weighted by atomic mass is 16.1. The van der Waals surface area contributed by atoms with E-state index in [1.54, 1.807) is 0 Å². The zero-order valence-corrected chi connectivity index (χ0v) is 9.52. The van der Waals surface area contributed by atoms with Gasteiger partial charge in [-0.3, -0.25) is 4.79 Å². The molecule has 0 fully saturated rings. The first-order chi connectivity index (χ1) is 8.33. The molecule has 0 saturated carbocycles. The number of anilines is 1. The molecule has 1 aromatic heterocycles. The molecule has 86 valence electrons. The molecule has 1 N–H and O–H groups in total. The summed E-state index contributed by atoms with van der Waals surface area (Å²) in [4.78, 5) is 11.4. The molecule has 3 nitrogen and oxygen atoms in total. The Bertz CT molecular complexity index is 543. The van der Waals surface area contributed by atoms with Crippen LogP contribution in [0.25, 0.3) is 0 Å². The number of amides is 1. The number of nitrogens with zero attached hydrogens (tertiary/aromatic N) is 1. The summed E-state index contributed by atoms with van der Waals surface area (Å²) in [6.07, 6.45) is 3.49. The largest absolute Gasteiger partial charge is 0.330 e. The van der Waals surface area contributed by atoms with Crippen LogP contribution < -0.4 is 5.32 Å². The van der Waals surface area contributed by atoms with Gasteiger partial charge in [0.05, 0.1) is 0 Å². The topological polar surface area (TPSA) is 34.0 Å². The molecule has 1 amide bonds. The standard InChI is InChI=1S/C14H14N2O/c17-13-7-6-12-8-9-16(14(12)15-13)10-11-4-2-1-3-5-11/h1-5,8-9H,6-7,10H2,(H,15,17). The first kappa shape index (κ1) is 10.1. The second kappa shape index (κ2) is 4.09. The summed E-state index contributed by atoms with van der Waals surface area (Å²) in [6.45, 7) is 0.802. The van der Waals surface area contributed by atoms with Gasteiger partial charge in [0.15, 0.2) is 0 Å². The van der Waals surface area contributed by atoms with E-state index in [1.165, 1.54) is 11.1 Å². The lowest BCUT2D eigenvalue weighted by atomic mass is 10.1. The fourth-order valence-electron chi connectivity index (χ4n) is 2.23. The Balaban J connectivity index is 1.90. The molecule has 0 bridgehead atoms. The zero-order chi connectivity index (χ0) is 11.7. The molecule has 1 aliphatic heterocycles. The van der Waals surface area contributed by atoms with Gasteiger partial charge in [0.1, 0.15) is 5.82 Å². The first-order valence-electron chi connectivity index (χ1n) is 5.85. The lowest BCUT2D eigenvalue weighted by molar-refractivity contribution is -0.116. The van der Waals surface area contributed by atoms with Gasteiger partial charge in [0, 0.05) is 19.2 Å². The minimum atomic E-state index is 0.116. The van der Waals surface area contributed by atoms with Crippen molar-refractivity contribution in [3.63, 3.8) is 0 Å². The Hall–Kier alpha value is -2.03. The lowest BCUT2D eigenvalue weighted by Gasteiger charge is -2.16. The highest BCUT2D eigenvalue weighted by Gasteiger charge is 2.18. The lowest BCUT2D eigenvalue weighted by Crippen LogP contribution is -2.20. The maximum atomic E-state index is 11.4. The SMILES string of the molecule is O=C1CCc2ccn(Cc3ccccc3)c2N1. The summed E-state index contributed by atoms with van der Waals surface area (Å²) in [5.41, 5.74) is 2.48. The molecule has 1 aliphatic rings. The number of carbonyl (C=O) groups excluding carboxylic acids is 1. The molecule has 2 aromatic rings. The summed E-state index contributed by atoms with van der Waals surface area (Å²) in [6, 6.07) is 12.4. The minimum Gasteiger partial charge on any atom is -0.330 e. The van der Waals surface area contributed by atoms with Crippen LogP contribution in [0.15, 0.2) is 42.6 Å². The summed E-state index contributed by atoms with van der Waals surface area (Å²) >= 11 is 0. The summed E-state index contributed by atoms with van der Waals surface area (Å²) < 4.78 is 2.10. The maximum absolute atomic E-state index is 11.4. The van der Waals surface area contributed by atoms with Crippen molar-refractivity contribution >= 4 is 11.7 Å². The second-order valence-corrected chi connectivity index (χ2v) is 4.35. The first-order valence-corrected chi connectivity index (χ1v) is 5.85. The molecule has 0 spiro atoms. The van der Waals surface area contributed by atoms with Crippen molar-refractivity contribution in [1.29, 1.82) is 0 Å². The van der Waals surface area contributed by atoms with Gasteiger partial charge in [-0.25, -0.2) is 0 Å². The van der Waals surface area contributed by atoms with Crippen molar-refractivity contribution < 1.29 is 4.79 Å². The Morgan fingerprint density at radius 1 is 1.12 bits per heavy atom. The Morgan fingerprint density at radius 3 is 2.76 bits per heavy atom. The number of nitrogens with one attached hydrogen (secondary N) is 1. The average molecular weight is 226 g/mol. The molecule has 17 heavy (non-hydrogen) atoms. The van der Waals surface area contributed by atoms with E-state index in [4.69, 9.17) is 0 Å². The van der Waals surface area contributed by atoms with Crippen LogP contribution in [0.5, 0.6) is 0 Å². The van der Waals surface area contributed by atoms with Crippen LogP contribution in [0.1, 0.15) is 17.5 Å². The van der Waals surface area contributed by atoms with E-state index in [0.29, 0.717) is 6.42 Å². The van der Waals surface area contributed by atoms with E-state index in [0.717, 1.165) is 18.8 Å². The average Bonchev–Trinajstić information content (AvgIpc) is 2.73. The highest BCUT2D eigenvalue weighted by Crippen LogP contribution is 2.24. The van der Waals surface area contributed by atoms with Gasteiger partial charge in [-0.2, -0.15) is 0 Å². The van der Waals surface area contributed by atoms with Crippen LogP contribution in [-0.4, -0.2) is 10.5 Å². The van der Waals surface area contributed by atoms with Gasteiger partial charge in [0.2, 0.25) is 5.91 Å². The van der Waals surface area contributed by atoms with Crippen molar-refractivity contribution in [3.8, 4) is 0 Å². The van der Waals surface area contributed by atoms with Gasteiger partial charge < -0.3 is 9.88 Å². The van der Waals surface area contributed by atoms with Gasteiger partial charge in [-0.15, -0.1) is 0 Å². The third-order valence-corrected chi connectivity index (χ3v) is 3.12. The molecule has 0 saturated heterocycles. The molecule has 0 atom stereocenters. The summed E-state index contributed by atoms with van der Waals surface area (Å²) in [5.74, 6) is 1.08. The molecule has 1 aromatic carbocycles. The van der Waals surface area contributed by atoms with Crippen LogP contribution in [0.2, 0.25) is 0 Å². The number of fused-ring (bicyclic) bond motifs is 1. The van der Waals surface area contributed by atoms with E-state index in [-0.39, 0.29) is 5.91 Å². The summed E-state index contributed by atoms with van der Waals surface area (Å²) in [5, 5.41) is 2.95. The molecular weight excluding hydrogens is 212 g/mol. The van der Waals surface area contributed by atoms with Crippen LogP contribution in [0.4, 0.5) is 5.82 Å². The van der Waals surface area contributed by atoms with E-state index in [2.05, 4.69) is 28.1 Å². The zero-order valence-electron chi connectivity index (χ0n) is 9.52. The van der Waals surface area contributed by atoms with E-state index >= 15 is 0 Å². The van der Waals surface area contributed by atoms with Crippen molar-refractivity contribution in [2.45, 2.75) is 19.4 Å². The van der Waals surface area contributed by atoms with E-state index in [9.17, 15) is 4.79 Å². The van der Waals surface area contributed by atoms with Crippen molar-refractivity contribution in [1.82, 2.24) is 4.57 Å². The smallest absolute Gasteiger partial charge is 0.225 e. The molecule has 0 radical (unpaired) electrons. The second-order valence-electron chi connectivity index (χ2n) is 4.35. The fraction of sp³-hybridized carbons (Fsp3) is 0.214. The number of rotatable bonds is 2. The predicted molar refractivity (Wildman–Crippen MR) is 66.9 cm³/mol. The molecule has 2 heterocycles. The number of hydrogen-bond acceptors (Lipinski definition) is 1. The number of aryl methyl sites for hydroxylation is 1. The van der Waals surface area contributed by atoms with E-state index in [1.807, 2.05) is 24.4 Å². The molecule has 0 aliphatic carbocycles. The quantitative estimate of drug-likeness (QED) is 0.838. The van der Waals surface area contributed by atoms with Crippen molar-refractivity contribution in [2.75, 3.05) is 5.32 Å². The third-order valence-electron chi connectivity index (χ3n) is 3.12. The maximum Gasteiger partial charge on any atom is 0.225 e. The third kappa shape index (κ3) is 1.96. The monoisotopic (exact) mass is 226 g/mol. The van der Waals surface area contributed by atoms with Crippen LogP contribution in [0.3, 0.4) is 0 Å². The highest BCUT2D eigenvalue weighted by molar-refractivity contribution is 5.93.